The summed E-state index contributed by atoms with van der Waals surface area (Å²) in [5, 5.41) is 23.3. The number of aromatic nitrogens is 8. The van der Waals surface area contributed by atoms with Gasteiger partial charge in [-0.3, -0.25) is 5.10 Å². The summed E-state index contributed by atoms with van der Waals surface area (Å²) >= 11 is 1.79. The number of aromatic amines is 3. The van der Waals surface area contributed by atoms with Crippen LogP contribution in [0.15, 0.2) is 273 Å². The maximum Gasteiger partial charge on any atom is 0.198 e. The second-order valence-corrected chi connectivity index (χ2v) is 29.8. The molecule has 0 aliphatic rings. The van der Waals surface area contributed by atoms with E-state index in [4.69, 9.17) is 17.9 Å². The van der Waals surface area contributed by atoms with Gasteiger partial charge in [-0.25, -0.2) is 9.97 Å². The maximum absolute atomic E-state index is 5.52. The van der Waals surface area contributed by atoms with Crippen LogP contribution in [-0.2, 0) is 0 Å². The summed E-state index contributed by atoms with van der Waals surface area (Å²) in [5.74, 6) is 7.01. The first-order valence-corrected chi connectivity index (χ1v) is 37.1. The van der Waals surface area contributed by atoms with E-state index in [1.54, 1.807) is 36.4 Å². The van der Waals surface area contributed by atoms with Crippen LogP contribution in [0.2, 0.25) is 0 Å². The highest BCUT2D eigenvalue weighted by Crippen LogP contribution is 2.21. The number of rotatable bonds is 1. The molecule has 0 bridgehead atoms. The first-order chi connectivity index (χ1) is 49.2. The number of hydrogen-bond donors (Lipinski definition) is 3. The molecule has 0 saturated heterocycles. The molecular formula is C90H122N8O4S. The molecule has 0 radical (unpaired) electrons. The third-order valence-corrected chi connectivity index (χ3v) is 12.1. The number of H-pyrrole nitrogens is 3. The van der Waals surface area contributed by atoms with E-state index in [2.05, 4.69) is 254 Å². The minimum atomic E-state index is 0.359. The molecule has 8 heterocycles. The number of oxazole rings is 1. The molecule has 0 fully saturated rings. The van der Waals surface area contributed by atoms with Crippen molar-refractivity contribution in [1.82, 2.24) is 40.4 Å². The molecule has 0 atom stereocenters. The van der Waals surface area contributed by atoms with Crippen LogP contribution >= 0.6 is 11.3 Å². The standard InChI is InChI=1S/C10H11NO.C8H7N.C8H6O.C8H6S.2C7H6N2.2C7H5NO.7C4H10/c1-7(2)10-11-8-5-3-4-6-9(8)12-10;3*1-2-4-8-7(3-1)5-6-9-8;1-2-4-7-6(3-1)8-5-9-7;1-2-4-7-6(3-1)5-8-9-7;1-2-4-7-6(3-1)5-9-8-7;1-2-4-7-6(3-1)5-8-9-7;7*1-4(2)3/h3-7H,1-2H3;1-6,9H;2*1-6H;2*1-5H,(H,8,9);2*1-5H;7*4H,1-3H3. The zero-order valence-corrected chi connectivity index (χ0v) is 67.0. The van der Waals surface area contributed by atoms with Crippen molar-refractivity contribution in [2.24, 2.45) is 41.4 Å². The van der Waals surface area contributed by atoms with Gasteiger partial charge in [-0.2, -0.15) is 5.10 Å². The Kier molecular flexibility index (Phi) is 45.9. The predicted molar refractivity (Wildman–Crippen MR) is 448 cm³/mol. The van der Waals surface area contributed by atoms with Crippen LogP contribution in [0.25, 0.3) is 86.9 Å². The number of thiophene rings is 1. The van der Waals surface area contributed by atoms with Gasteiger partial charge in [0.2, 0.25) is 0 Å². The summed E-state index contributed by atoms with van der Waals surface area (Å²) in [6.07, 6.45) is 10.5. The summed E-state index contributed by atoms with van der Waals surface area (Å²) < 4.78 is 21.6. The predicted octanol–water partition coefficient (Wildman–Crippen LogP) is 28.9. The summed E-state index contributed by atoms with van der Waals surface area (Å²) in [6, 6.07) is 70.0. The van der Waals surface area contributed by atoms with Gasteiger partial charge in [0, 0.05) is 43.9 Å². The van der Waals surface area contributed by atoms with Crippen LogP contribution in [0, 0.1) is 41.4 Å². The molecule has 8 aromatic heterocycles. The molecule has 0 saturated carbocycles. The Morgan fingerprint density at radius 2 is 0.816 bits per heavy atom. The van der Waals surface area contributed by atoms with Gasteiger partial charge in [0.1, 0.15) is 22.9 Å². The van der Waals surface area contributed by atoms with Crippen molar-refractivity contribution in [1.29, 1.82) is 0 Å². The van der Waals surface area contributed by atoms with Crippen LogP contribution in [0.4, 0.5) is 0 Å². The quantitative estimate of drug-likeness (QED) is 0.145. The van der Waals surface area contributed by atoms with E-state index in [9.17, 15) is 0 Å². The molecule has 16 aromatic rings. The Hall–Kier alpha value is -9.85. The average molecular weight is 1410 g/mol. The Bertz CT molecular complexity index is 3620. The number of benzene rings is 8. The summed E-state index contributed by atoms with van der Waals surface area (Å²) in [5.41, 5.74) is 8.96. The van der Waals surface area contributed by atoms with E-state index >= 15 is 0 Å². The second-order valence-electron chi connectivity index (χ2n) is 28.9. The van der Waals surface area contributed by atoms with Crippen molar-refractivity contribution in [3.63, 3.8) is 0 Å². The van der Waals surface area contributed by atoms with E-state index in [1.807, 2.05) is 176 Å². The Labute approximate surface area is 620 Å². The van der Waals surface area contributed by atoms with Gasteiger partial charge in [-0.15, -0.1) is 11.3 Å². The van der Waals surface area contributed by atoms with Gasteiger partial charge >= 0.3 is 0 Å². The van der Waals surface area contributed by atoms with E-state index in [0.717, 1.165) is 113 Å². The minimum Gasteiger partial charge on any atom is -0.464 e. The van der Waals surface area contributed by atoms with E-state index in [-0.39, 0.29) is 0 Å². The molecule has 552 valence electrons. The van der Waals surface area contributed by atoms with Crippen molar-refractivity contribution in [2.75, 3.05) is 0 Å². The van der Waals surface area contributed by atoms with Gasteiger partial charge in [0.05, 0.1) is 41.5 Å². The Balaban J connectivity index is 0.000000381. The largest absolute Gasteiger partial charge is 0.464 e. The van der Waals surface area contributed by atoms with Crippen molar-refractivity contribution in [3.8, 4) is 0 Å². The van der Waals surface area contributed by atoms with Gasteiger partial charge in [-0.05, 0) is 149 Å². The lowest BCUT2D eigenvalue weighted by Gasteiger charge is -1.93. The highest BCUT2D eigenvalue weighted by molar-refractivity contribution is 7.17. The third-order valence-electron chi connectivity index (χ3n) is 11.2. The molecule has 0 amide bonds. The number of hydrogen-bond acceptors (Lipinski definition) is 10. The van der Waals surface area contributed by atoms with Crippen LogP contribution in [0.5, 0.6) is 0 Å². The lowest BCUT2D eigenvalue weighted by molar-refractivity contribution is 0.428. The molecule has 0 aliphatic heterocycles. The minimum absolute atomic E-state index is 0.359. The molecule has 0 aliphatic carbocycles. The van der Waals surface area contributed by atoms with Crippen molar-refractivity contribution in [3.05, 3.63) is 261 Å². The lowest BCUT2D eigenvalue weighted by Crippen LogP contribution is -1.84. The van der Waals surface area contributed by atoms with Crippen molar-refractivity contribution < 1.29 is 17.9 Å². The summed E-state index contributed by atoms with van der Waals surface area (Å²) in [7, 11) is 0. The summed E-state index contributed by atoms with van der Waals surface area (Å²) in [6.45, 7) is 49.6. The molecule has 8 aromatic carbocycles. The fraction of sp³-hybridized carbons (Fsp3) is 0.344. The average Bonchev–Trinajstić information content (AvgIpc) is 1.68. The molecule has 3 N–H and O–H groups in total. The second kappa shape index (κ2) is 53.0. The van der Waals surface area contributed by atoms with Crippen LogP contribution in [0.1, 0.15) is 171 Å². The first-order valence-electron chi connectivity index (χ1n) is 36.2. The van der Waals surface area contributed by atoms with Gasteiger partial charge < -0.3 is 27.8 Å². The molecule has 13 heteroatoms. The van der Waals surface area contributed by atoms with E-state index < -0.39 is 0 Å². The Morgan fingerprint density at radius 3 is 1.33 bits per heavy atom. The molecule has 16 rings (SSSR count). The third kappa shape index (κ3) is 42.9. The van der Waals surface area contributed by atoms with E-state index in [0.29, 0.717) is 5.92 Å². The number of nitrogens with zero attached hydrogens (tertiary/aromatic N) is 5. The highest BCUT2D eigenvalue weighted by atomic mass is 32.1. The smallest absolute Gasteiger partial charge is 0.198 e. The zero-order chi connectivity index (χ0) is 76.3. The number of para-hydroxylation sites is 8. The van der Waals surface area contributed by atoms with Crippen molar-refractivity contribution in [2.45, 2.75) is 165 Å². The summed E-state index contributed by atoms with van der Waals surface area (Å²) in [4.78, 5) is 14.5. The number of furan rings is 1. The lowest BCUT2D eigenvalue weighted by atomic mass is 10.2. The number of nitrogens with one attached hydrogen (secondary N) is 3. The highest BCUT2D eigenvalue weighted by Gasteiger charge is 2.07. The fourth-order valence-electron chi connectivity index (χ4n) is 7.33. The maximum atomic E-state index is 5.52. The normalized spacial score (nSPS) is 10.0. The van der Waals surface area contributed by atoms with Crippen LogP contribution in [0.3, 0.4) is 0 Å². The molecule has 0 unspecified atom stereocenters. The van der Waals surface area contributed by atoms with Gasteiger partial charge in [0.25, 0.3) is 0 Å². The topological polar surface area (TPSA) is 164 Å². The van der Waals surface area contributed by atoms with Gasteiger partial charge in [-0.1, -0.05) is 291 Å². The molecule has 0 spiro atoms. The van der Waals surface area contributed by atoms with Gasteiger partial charge in [0.15, 0.2) is 17.1 Å². The molecule has 103 heavy (non-hydrogen) atoms. The number of imidazole rings is 1. The zero-order valence-electron chi connectivity index (χ0n) is 66.1. The monoisotopic (exact) mass is 1410 g/mol. The SMILES string of the molecule is CC(C)C.CC(C)C.CC(C)C.CC(C)C.CC(C)C.CC(C)C.CC(C)C.CC(C)c1nc2ccccc2o1.c1ccc2[nH]ccc2c1.c1ccc2[nH]cnc2c1.c1ccc2[nH]ncc2c1.c1ccc2nocc2c1.c1ccc2occc2c1.c1ccc2oncc2c1.c1ccc2sccc2c1. The van der Waals surface area contributed by atoms with Crippen molar-refractivity contribution >= 4 is 98.2 Å². The van der Waals surface area contributed by atoms with E-state index in [1.165, 1.54) is 21.0 Å². The fourth-order valence-corrected chi connectivity index (χ4v) is 8.12. The Morgan fingerprint density at radius 1 is 0.359 bits per heavy atom. The molecule has 12 nitrogen and oxygen atoms in total. The number of fused-ring (bicyclic) bond motifs is 8. The first kappa shape index (κ1) is 89.2. The van der Waals surface area contributed by atoms with Crippen LogP contribution in [-0.4, -0.2) is 40.4 Å². The molecular weight excluding hydrogens is 1290 g/mol. The van der Waals surface area contributed by atoms with Crippen LogP contribution < -0.4 is 0 Å².